The Labute approximate surface area is 134 Å². The van der Waals surface area contributed by atoms with Gasteiger partial charge in [0.2, 0.25) is 5.91 Å². The van der Waals surface area contributed by atoms with Gasteiger partial charge in [-0.2, -0.15) is 0 Å². The molecule has 1 aliphatic rings. The molecule has 0 aliphatic heterocycles. The van der Waals surface area contributed by atoms with Crippen LogP contribution in [-0.2, 0) is 4.79 Å². The summed E-state index contributed by atoms with van der Waals surface area (Å²) in [5.41, 5.74) is 0.862. The van der Waals surface area contributed by atoms with Crippen LogP contribution in [0.3, 0.4) is 0 Å². The Kier molecular flexibility index (Phi) is 4.98. The zero-order valence-corrected chi connectivity index (χ0v) is 12.8. The maximum Gasteiger partial charge on any atom is 0.220 e. The fourth-order valence-corrected chi connectivity index (χ4v) is 2.13. The SMILES string of the molecule is O=C(CC1CC1)NCCNc1ccc(Nc2cccnc2)nn1. The molecule has 0 radical (unpaired) electrons. The average molecular weight is 312 g/mol. The predicted octanol–water partition coefficient (Wildman–Crippen LogP) is 1.94. The van der Waals surface area contributed by atoms with Crippen LogP contribution in [0.4, 0.5) is 17.3 Å². The fourth-order valence-electron chi connectivity index (χ4n) is 2.13. The molecule has 120 valence electrons. The van der Waals surface area contributed by atoms with E-state index in [0.29, 0.717) is 37.1 Å². The molecule has 1 amide bonds. The van der Waals surface area contributed by atoms with Gasteiger partial charge in [-0.15, -0.1) is 10.2 Å². The van der Waals surface area contributed by atoms with Crippen molar-refractivity contribution < 1.29 is 4.79 Å². The lowest BCUT2D eigenvalue weighted by atomic mass is 10.3. The standard InChI is InChI=1S/C16H20N6O/c23-16(10-12-3-4-12)19-9-8-18-14-5-6-15(22-21-14)20-13-2-1-7-17-11-13/h1-2,5-7,11-12H,3-4,8-10H2,(H,18,21)(H,19,23)(H,20,22). The van der Waals surface area contributed by atoms with E-state index in [-0.39, 0.29) is 5.91 Å². The van der Waals surface area contributed by atoms with Crippen molar-refractivity contribution >= 4 is 23.2 Å². The normalized spacial score (nSPS) is 13.4. The third-order valence-electron chi connectivity index (χ3n) is 3.52. The zero-order chi connectivity index (χ0) is 15.9. The van der Waals surface area contributed by atoms with Crippen molar-refractivity contribution in [3.63, 3.8) is 0 Å². The summed E-state index contributed by atoms with van der Waals surface area (Å²) in [6.45, 7) is 1.21. The van der Waals surface area contributed by atoms with Gasteiger partial charge in [0.05, 0.1) is 11.9 Å². The molecule has 0 aromatic carbocycles. The summed E-state index contributed by atoms with van der Waals surface area (Å²) < 4.78 is 0. The molecular weight excluding hydrogens is 292 g/mol. The quantitative estimate of drug-likeness (QED) is 0.645. The zero-order valence-electron chi connectivity index (χ0n) is 12.8. The van der Waals surface area contributed by atoms with Gasteiger partial charge in [-0.3, -0.25) is 9.78 Å². The van der Waals surface area contributed by atoms with Crippen molar-refractivity contribution in [3.05, 3.63) is 36.7 Å². The minimum atomic E-state index is 0.136. The van der Waals surface area contributed by atoms with Gasteiger partial charge in [0.15, 0.2) is 5.82 Å². The van der Waals surface area contributed by atoms with E-state index in [2.05, 4.69) is 31.1 Å². The van der Waals surface area contributed by atoms with Gasteiger partial charge in [0.1, 0.15) is 5.82 Å². The van der Waals surface area contributed by atoms with Crippen molar-refractivity contribution in [1.29, 1.82) is 0 Å². The third-order valence-corrected chi connectivity index (χ3v) is 3.52. The lowest BCUT2D eigenvalue weighted by Gasteiger charge is -2.08. The van der Waals surface area contributed by atoms with Gasteiger partial charge in [-0.05, 0) is 43.0 Å². The molecule has 23 heavy (non-hydrogen) atoms. The Morgan fingerprint density at radius 1 is 1.13 bits per heavy atom. The molecule has 0 unspecified atom stereocenters. The van der Waals surface area contributed by atoms with Crippen molar-refractivity contribution in [2.45, 2.75) is 19.3 Å². The highest BCUT2D eigenvalue weighted by atomic mass is 16.1. The van der Waals surface area contributed by atoms with Crippen LogP contribution < -0.4 is 16.0 Å². The Hall–Kier alpha value is -2.70. The van der Waals surface area contributed by atoms with E-state index in [1.807, 2.05) is 24.3 Å². The number of aromatic nitrogens is 3. The number of anilines is 3. The highest BCUT2D eigenvalue weighted by molar-refractivity contribution is 5.76. The number of nitrogens with one attached hydrogen (secondary N) is 3. The second-order valence-corrected chi connectivity index (χ2v) is 5.59. The number of carbonyl (C=O) groups is 1. The van der Waals surface area contributed by atoms with Crippen LogP contribution in [0, 0.1) is 5.92 Å². The van der Waals surface area contributed by atoms with Crippen LogP contribution >= 0.6 is 0 Å². The number of nitrogens with zero attached hydrogens (tertiary/aromatic N) is 3. The van der Waals surface area contributed by atoms with E-state index in [9.17, 15) is 4.79 Å². The molecule has 0 saturated heterocycles. The number of hydrogen-bond donors (Lipinski definition) is 3. The maximum absolute atomic E-state index is 11.5. The van der Waals surface area contributed by atoms with Gasteiger partial charge in [0.25, 0.3) is 0 Å². The summed E-state index contributed by atoms with van der Waals surface area (Å²) in [6.07, 6.45) is 6.49. The summed E-state index contributed by atoms with van der Waals surface area (Å²) >= 11 is 0. The summed E-state index contributed by atoms with van der Waals surface area (Å²) in [7, 11) is 0. The molecule has 2 heterocycles. The highest BCUT2D eigenvalue weighted by Crippen LogP contribution is 2.31. The third kappa shape index (κ3) is 5.21. The van der Waals surface area contributed by atoms with Gasteiger partial charge in [-0.1, -0.05) is 0 Å². The minimum Gasteiger partial charge on any atom is -0.367 e. The average Bonchev–Trinajstić information content (AvgIpc) is 3.38. The van der Waals surface area contributed by atoms with Gasteiger partial charge in [-0.25, -0.2) is 0 Å². The molecule has 0 bridgehead atoms. The van der Waals surface area contributed by atoms with Gasteiger partial charge >= 0.3 is 0 Å². The first-order chi connectivity index (χ1) is 11.3. The predicted molar refractivity (Wildman–Crippen MR) is 88.4 cm³/mol. The number of pyridine rings is 1. The molecule has 3 rings (SSSR count). The first kappa shape index (κ1) is 15.2. The second-order valence-electron chi connectivity index (χ2n) is 5.59. The van der Waals surface area contributed by atoms with E-state index >= 15 is 0 Å². The molecule has 3 N–H and O–H groups in total. The molecule has 2 aromatic heterocycles. The fraction of sp³-hybridized carbons (Fsp3) is 0.375. The molecule has 7 heteroatoms. The monoisotopic (exact) mass is 312 g/mol. The Morgan fingerprint density at radius 3 is 2.65 bits per heavy atom. The van der Waals surface area contributed by atoms with Crippen LogP contribution in [-0.4, -0.2) is 34.2 Å². The Morgan fingerprint density at radius 2 is 1.96 bits per heavy atom. The van der Waals surface area contributed by atoms with Crippen LogP contribution in [0.15, 0.2) is 36.7 Å². The first-order valence-corrected chi connectivity index (χ1v) is 7.81. The number of rotatable bonds is 8. The molecular formula is C16H20N6O. The Bertz CT molecular complexity index is 627. The highest BCUT2D eigenvalue weighted by Gasteiger charge is 2.23. The van der Waals surface area contributed by atoms with Gasteiger partial charge < -0.3 is 16.0 Å². The van der Waals surface area contributed by atoms with E-state index < -0.39 is 0 Å². The van der Waals surface area contributed by atoms with Crippen LogP contribution in [0.5, 0.6) is 0 Å². The summed E-state index contributed by atoms with van der Waals surface area (Å²) in [4.78, 5) is 15.6. The maximum atomic E-state index is 11.5. The molecule has 1 fully saturated rings. The molecule has 1 aliphatic carbocycles. The van der Waals surface area contributed by atoms with Crippen LogP contribution in [0.1, 0.15) is 19.3 Å². The number of hydrogen-bond acceptors (Lipinski definition) is 6. The minimum absolute atomic E-state index is 0.136. The molecule has 2 aromatic rings. The molecule has 0 spiro atoms. The second kappa shape index (κ2) is 7.53. The van der Waals surface area contributed by atoms with Crippen molar-refractivity contribution in [1.82, 2.24) is 20.5 Å². The van der Waals surface area contributed by atoms with Gasteiger partial charge in [0, 0.05) is 25.7 Å². The van der Waals surface area contributed by atoms with E-state index in [1.54, 1.807) is 12.4 Å². The first-order valence-electron chi connectivity index (χ1n) is 7.81. The van der Waals surface area contributed by atoms with E-state index in [1.165, 1.54) is 12.8 Å². The lowest BCUT2D eigenvalue weighted by Crippen LogP contribution is -2.29. The van der Waals surface area contributed by atoms with Crippen molar-refractivity contribution in [3.8, 4) is 0 Å². The molecule has 1 saturated carbocycles. The van der Waals surface area contributed by atoms with Crippen molar-refractivity contribution in [2.75, 3.05) is 23.7 Å². The largest absolute Gasteiger partial charge is 0.367 e. The lowest BCUT2D eigenvalue weighted by molar-refractivity contribution is -0.121. The van der Waals surface area contributed by atoms with Crippen LogP contribution in [0.2, 0.25) is 0 Å². The molecule has 0 atom stereocenters. The molecule has 7 nitrogen and oxygen atoms in total. The number of amides is 1. The topological polar surface area (TPSA) is 91.8 Å². The number of carbonyl (C=O) groups excluding carboxylic acids is 1. The Balaban J connectivity index is 1.38. The summed E-state index contributed by atoms with van der Waals surface area (Å²) in [5.74, 6) is 2.09. The van der Waals surface area contributed by atoms with Crippen molar-refractivity contribution in [2.24, 2.45) is 5.92 Å². The smallest absolute Gasteiger partial charge is 0.220 e. The van der Waals surface area contributed by atoms with Crippen LogP contribution in [0.25, 0.3) is 0 Å². The summed E-state index contributed by atoms with van der Waals surface area (Å²) in [6, 6.07) is 7.44. The van der Waals surface area contributed by atoms with E-state index in [4.69, 9.17) is 0 Å². The van der Waals surface area contributed by atoms with E-state index in [0.717, 1.165) is 5.69 Å². The summed E-state index contributed by atoms with van der Waals surface area (Å²) in [5, 5.41) is 17.3.